The quantitative estimate of drug-likeness (QED) is 0.540. The molecule has 1 aromatic carbocycles. The Morgan fingerprint density at radius 1 is 1.26 bits per heavy atom. The molecular weight excluding hydrogens is 248 g/mol. The van der Waals surface area contributed by atoms with Gasteiger partial charge >= 0.3 is 5.97 Å². The van der Waals surface area contributed by atoms with Gasteiger partial charge in [-0.1, -0.05) is 30.3 Å². The second-order valence-electron chi connectivity index (χ2n) is 4.09. The summed E-state index contributed by atoms with van der Waals surface area (Å²) in [5, 5.41) is 19.0. The van der Waals surface area contributed by atoms with Crippen molar-refractivity contribution in [1.29, 1.82) is 0 Å². The molecule has 0 fully saturated rings. The van der Waals surface area contributed by atoms with Crippen LogP contribution in [0.1, 0.15) is 18.9 Å². The Labute approximate surface area is 112 Å². The summed E-state index contributed by atoms with van der Waals surface area (Å²) in [5.41, 5.74) is 1.03. The number of carbonyl (C=O) groups is 1. The molecule has 0 saturated carbocycles. The molecular formula is C14H20O5. The Bertz CT molecular complexity index is 365. The average Bonchev–Trinajstić information content (AvgIpc) is 2.44. The van der Waals surface area contributed by atoms with Crippen LogP contribution < -0.4 is 0 Å². The third-order valence-electron chi connectivity index (χ3n) is 2.56. The summed E-state index contributed by atoms with van der Waals surface area (Å²) < 4.78 is 9.97. The first-order valence-corrected chi connectivity index (χ1v) is 6.29. The Hall–Kier alpha value is -1.43. The number of hydrogen-bond donors (Lipinski definition) is 2. The third kappa shape index (κ3) is 5.83. The van der Waals surface area contributed by atoms with E-state index in [4.69, 9.17) is 4.74 Å². The molecule has 0 bridgehead atoms. The van der Waals surface area contributed by atoms with Crippen LogP contribution in [0.5, 0.6) is 0 Å². The Morgan fingerprint density at radius 3 is 2.58 bits per heavy atom. The summed E-state index contributed by atoms with van der Waals surface area (Å²) in [6, 6.07) is 9.62. The minimum Gasteiger partial charge on any atom is -0.464 e. The van der Waals surface area contributed by atoms with Gasteiger partial charge in [0.25, 0.3) is 0 Å². The number of benzene rings is 1. The normalized spacial score (nSPS) is 13.8. The van der Waals surface area contributed by atoms with Crippen molar-refractivity contribution in [3.05, 3.63) is 35.9 Å². The fourth-order valence-corrected chi connectivity index (χ4v) is 1.51. The molecule has 0 spiro atoms. The number of aliphatic hydroxyl groups excluding tert-OH is 2. The van der Waals surface area contributed by atoms with Crippen LogP contribution in [0.2, 0.25) is 0 Å². The van der Waals surface area contributed by atoms with Crippen molar-refractivity contribution in [2.45, 2.75) is 32.2 Å². The van der Waals surface area contributed by atoms with Crippen LogP contribution >= 0.6 is 0 Å². The van der Waals surface area contributed by atoms with Gasteiger partial charge in [0.05, 0.1) is 19.3 Å². The molecule has 0 radical (unpaired) electrons. The smallest absolute Gasteiger partial charge is 0.337 e. The van der Waals surface area contributed by atoms with Gasteiger partial charge in [0.15, 0.2) is 6.10 Å². The molecule has 0 aliphatic carbocycles. The molecule has 5 nitrogen and oxygen atoms in total. The number of rotatable bonds is 8. The van der Waals surface area contributed by atoms with Gasteiger partial charge in [-0.3, -0.25) is 0 Å². The maximum absolute atomic E-state index is 11.2. The van der Waals surface area contributed by atoms with Crippen molar-refractivity contribution in [1.82, 2.24) is 0 Å². The average molecular weight is 268 g/mol. The first-order chi connectivity index (χ1) is 9.15. The highest BCUT2D eigenvalue weighted by molar-refractivity contribution is 5.75. The molecule has 0 unspecified atom stereocenters. The number of aliphatic hydroxyl groups is 2. The molecule has 0 aromatic heterocycles. The molecule has 106 valence electrons. The topological polar surface area (TPSA) is 76.0 Å². The zero-order chi connectivity index (χ0) is 14.1. The Kier molecular flexibility index (Phi) is 7.10. The summed E-state index contributed by atoms with van der Waals surface area (Å²) in [6.45, 7) is 2.50. The lowest BCUT2D eigenvalue weighted by molar-refractivity contribution is -0.159. The van der Waals surface area contributed by atoms with Crippen LogP contribution in [-0.2, 0) is 20.9 Å². The fraction of sp³-hybridized carbons (Fsp3) is 0.500. The summed E-state index contributed by atoms with van der Waals surface area (Å²) in [4.78, 5) is 11.2. The van der Waals surface area contributed by atoms with E-state index in [1.807, 2.05) is 30.3 Å². The molecule has 19 heavy (non-hydrogen) atoms. The lowest BCUT2D eigenvalue weighted by atomic mass is 10.1. The molecule has 1 rings (SSSR count). The molecule has 0 aliphatic rings. The van der Waals surface area contributed by atoms with Crippen molar-refractivity contribution in [2.24, 2.45) is 0 Å². The zero-order valence-electron chi connectivity index (χ0n) is 11.0. The van der Waals surface area contributed by atoms with E-state index in [1.165, 1.54) is 0 Å². The second-order valence-corrected chi connectivity index (χ2v) is 4.09. The Balaban J connectivity index is 2.20. The maximum atomic E-state index is 11.2. The number of ether oxygens (including phenoxy) is 2. The highest BCUT2D eigenvalue weighted by Gasteiger charge is 2.24. The number of esters is 1. The second kappa shape index (κ2) is 8.63. The van der Waals surface area contributed by atoms with Gasteiger partial charge in [0, 0.05) is 6.61 Å². The summed E-state index contributed by atoms with van der Waals surface area (Å²) >= 11 is 0. The minimum absolute atomic E-state index is 0.173. The van der Waals surface area contributed by atoms with Crippen LogP contribution in [0.4, 0.5) is 0 Å². The van der Waals surface area contributed by atoms with E-state index in [1.54, 1.807) is 6.92 Å². The van der Waals surface area contributed by atoms with Crippen LogP contribution in [0.15, 0.2) is 30.3 Å². The molecule has 2 atom stereocenters. The van der Waals surface area contributed by atoms with Gasteiger partial charge in [-0.25, -0.2) is 4.79 Å². The van der Waals surface area contributed by atoms with Crippen molar-refractivity contribution >= 4 is 5.97 Å². The fourth-order valence-electron chi connectivity index (χ4n) is 1.51. The minimum atomic E-state index is -1.51. The van der Waals surface area contributed by atoms with E-state index in [9.17, 15) is 15.0 Å². The van der Waals surface area contributed by atoms with Crippen molar-refractivity contribution < 1.29 is 24.5 Å². The molecule has 1 aromatic rings. The molecule has 0 heterocycles. The molecule has 0 saturated heterocycles. The van der Waals surface area contributed by atoms with Gasteiger partial charge in [-0.05, 0) is 18.9 Å². The van der Waals surface area contributed by atoms with E-state index < -0.39 is 18.2 Å². The predicted molar refractivity (Wildman–Crippen MR) is 69.4 cm³/mol. The van der Waals surface area contributed by atoms with Gasteiger partial charge < -0.3 is 19.7 Å². The highest BCUT2D eigenvalue weighted by atomic mass is 16.5. The van der Waals surface area contributed by atoms with E-state index in [0.29, 0.717) is 6.61 Å². The monoisotopic (exact) mass is 268 g/mol. The van der Waals surface area contributed by atoms with Crippen molar-refractivity contribution in [2.75, 3.05) is 13.2 Å². The first-order valence-electron chi connectivity index (χ1n) is 6.29. The first kappa shape index (κ1) is 15.6. The van der Waals surface area contributed by atoms with Crippen molar-refractivity contribution in [3.8, 4) is 0 Å². The van der Waals surface area contributed by atoms with Crippen molar-refractivity contribution in [3.63, 3.8) is 0 Å². The predicted octanol–water partition coefficient (Wildman–Crippen LogP) is 0.878. The van der Waals surface area contributed by atoms with E-state index in [-0.39, 0.29) is 19.6 Å². The Morgan fingerprint density at radius 2 is 1.95 bits per heavy atom. The summed E-state index contributed by atoms with van der Waals surface area (Å²) in [6.07, 6.45) is -2.51. The van der Waals surface area contributed by atoms with Gasteiger partial charge in [-0.2, -0.15) is 0 Å². The van der Waals surface area contributed by atoms with E-state index in [2.05, 4.69) is 4.74 Å². The van der Waals surface area contributed by atoms with Crippen LogP contribution in [0.25, 0.3) is 0 Å². The molecule has 2 N–H and O–H groups in total. The van der Waals surface area contributed by atoms with Crippen LogP contribution in [-0.4, -0.2) is 41.6 Å². The number of hydrogen-bond acceptors (Lipinski definition) is 5. The molecule has 5 heteroatoms. The molecule has 0 amide bonds. The highest BCUT2D eigenvalue weighted by Crippen LogP contribution is 2.05. The standard InChI is InChI=1S/C14H20O5/c1-2-19-14(17)13(16)12(15)8-9-18-10-11-6-4-3-5-7-11/h3-7,12-13,15-16H,2,8-10H2,1H3/t12-,13+/m1/s1. The third-order valence-corrected chi connectivity index (χ3v) is 2.56. The summed E-state index contributed by atoms with van der Waals surface area (Å²) in [5.74, 6) is -0.807. The maximum Gasteiger partial charge on any atom is 0.337 e. The largest absolute Gasteiger partial charge is 0.464 e. The summed E-state index contributed by atoms with van der Waals surface area (Å²) in [7, 11) is 0. The van der Waals surface area contributed by atoms with Gasteiger partial charge in [0.1, 0.15) is 0 Å². The zero-order valence-corrected chi connectivity index (χ0v) is 11.0. The molecule has 0 aliphatic heterocycles. The van der Waals surface area contributed by atoms with E-state index in [0.717, 1.165) is 5.56 Å². The lowest BCUT2D eigenvalue weighted by Gasteiger charge is -2.16. The van der Waals surface area contributed by atoms with Crippen LogP contribution in [0, 0.1) is 0 Å². The van der Waals surface area contributed by atoms with Gasteiger partial charge in [0.2, 0.25) is 0 Å². The van der Waals surface area contributed by atoms with Gasteiger partial charge in [-0.15, -0.1) is 0 Å². The van der Waals surface area contributed by atoms with E-state index >= 15 is 0 Å². The van der Waals surface area contributed by atoms with Crippen LogP contribution in [0.3, 0.4) is 0 Å². The SMILES string of the molecule is CCOC(=O)[C@@H](O)[C@H](O)CCOCc1ccccc1. The number of carbonyl (C=O) groups excluding carboxylic acids is 1. The lowest BCUT2D eigenvalue weighted by Crippen LogP contribution is -2.36.